The van der Waals surface area contributed by atoms with Crippen molar-refractivity contribution in [1.29, 1.82) is 0 Å². The van der Waals surface area contributed by atoms with Crippen LogP contribution in [0.5, 0.6) is 5.75 Å². The second-order valence-corrected chi connectivity index (χ2v) is 9.42. The number of hydrogen-bond donors (Lipinski definition) is 6. The molecule has 3 aliphatic rings. The monoisotopic (exact) mass is 505 g/mol. The van der Waals surface area contributed by atoms with Gasteiger partial charge in [-0.3, -0.25) is 24.1 Å². The molecule has 1 aromatic rings. The van der Waals surface area contributed by atoms with Crippen LogP contribution in [0.1, 0.15) is 23.1 Å². The lowest BCUT2D eigenvalue weighted by atomic mass is 9.57. The fourth-order valence-corrected chi connectivity index (χ4v) is 5.71. The molecule has 36 heavy (non-hydrogen) atoms. The number of fused-ring (bicyclic) bond motifs is 3. The summed E-state index contributed by atoms with van der Waals surface area (Å²) in [5.41, 5.74) is 5.25. The van der Waals surface area contributed by atoms with E-state index in [-0.39, 0.29) is 42.9 Å². The quantitative estimate of drug-likeness (QED) is 0.167. The second-order valence-electron chi connectivity index (χ2n) is 9.42. The van der Waals surface area contributed by atoms with Crippen LogP contribution in [0.15, 0.2) is 29.0 Å². The Balaban J connectivity index is 1.86. The third-order valence-electron chi connectivity index (χ3n) is 7.25. The van der Waals surface area contributed by atoms with E-state index in [0.29, 0.717) is 11.1 Å². The first-order valence-electron chi connectivity index (χ1n) is 11.4. The smallest absolute Gasteiger partial charge is 0.255 e. The van der Waals surface area contributed by atoms with E-state index in [2.05, 4.69) is 5.48 Å². The maximum atomic E-state index is 13.7. The molecular formula is C24H28FN3O8. The van der Waals surface area contributed by atoms with Crippen LogP contribution >= 0.6 is 0 Å². The van der Waals surface area contributed by atoms with Crippen molar-refractivity contribution < 1.29 is 44.0 Å². The number of aromatic hydroxyl groups is 1. The minimum Gasteiger partial charge on any atom is -0.508 e. The van der Waals surface area contributed by atoms with Gasteiger partial charge in [0.25, 0.3) is 5.91 Å². The Hall–Kier alpha value is -3.32. The van der Waals surface area contributed by atoms with E-state index in [1.54, 1.807) is 6.07 Å². The van der Waals surface area contributed by atoms with Gasteiger partial charge in [0.2, 0.25) is 5.78 Å². The van der Waals surface area contributed by atoms with Gasteiger partial charge in [-0.25, -0.2) is 4.39 Å². The van der Waals surface area contributed by atoms with Crippen LogP contribution in [0.3, 0.4) is 0 Å². The average Bonchev–Trinajstić information content (AvgIpc) is 2.80. The van der Waals surface area contributed by atoms with Crippen molar-refractivity contribution in [1.82, 2.24) is 10.4 Å². The fraction of sp³-hybridized carbons (Fsp3) is 0.458. The topological polar surface area (TPSA) is 183 Å². The van der Waals surface area contributed by atoms with Crippen molar-refractivity contribution in [2.45, 2.75) is 31.0 Å². The maximum Gasteiger partial charge on any atom is 0.255 e. The highest BCUT2D eigenvalue weighted by Gasteiger charge is 2.64. The number of phenolic OH excluding ortho intramolecular Hbond substituents is 1. The van der Waals surface area contributed by atoms with Gasteiger partial charge in [0.05, 0.1) is 18.2 Å². The molecule has 1 saturated carbocycles. The Bertz CT molecular complexity index is 1210. The van der Waals surface area contributed by atoms with Crippen molar-refractivity contribution >= 4 is 23.2 Å². The molecule has 4 rings (SSSR count). The molecule has 0 aliphatic heterocycles. The Morgan fingerprint density at radius 3 is 2.58 bits per heavy atom. The van der Waals surface area contributed by atoms with E-state index in [0.717, 1.165) is 0 Å². The van der Waals surface area contributed by atoms with E-state index < -0.39 is 64.7 Å². The lowest BCUT2D eigenvalue weighted by Crippen LogP contribution is -2.65. The number of hydrogen-bond acceptors (Lipinski definition) is 10. The number of rotatable bonds is 7. The number of aliphatic hydroxyl groups excluding tert-OH is 2. The number of primary amides is 1. The van der Waals surface area contributed by atoms with Crippen molar-refractivity contribution in [2.75, 3.05) is 27.4 Å². The Morgan fingerprint density at radius 1 is 1.28 bits per heavy atom. The number of benzene rings is 1. The van der Waals surface area contributed by atoms with Crippen molar-refractivity contribution in [2.24, 2.45) is 17.6 Å². The number of carbonyl (C=O) groups is 3. The second kappa shape index (κ2) is 9.28. The van der Waals surface area contributed by atoms with E-state index in [4.69, 9.17) is 10.6 Å². The molecule has 12 heteroatoms. The lowest BCUT2D eigenvalue weighted by molar-refractivity contribution is -0.153. The van der Waals surface area contributed by atoms with Crippen LogP contribution in [-0.2, 0) is 32.2 Å². The summed E-state index contributed by atoms with van der Waals surface area (Å²) in [6, 6.07) is 1.76. The maximum absolute atomic E-state index is 13.7. The predicted molar refractivity (Wildman–Crippen MR) is 123 cm³/mol. The number of Topliss-reactive ketones (excluding diaryl/α,β-unsaturated/α-hetero) is 2. The van der Waals surface area contributed by atoms with Crippen LogP contribution < -0.4 is 11.2 Å². The molecule has 194 valence electrons. The molecule has 0 unspecified atom stereocenters. The molecule has 4 atom stereocenters. The largest absolute Gasteiger partial charge is 0.508 e. The Kier molecular flexibility index (Phi) is 6.64. The highest BCUT2D eigenvalue weighted by Crippen LogP contribution is 2.52. The van der Waals surface area contributed by atoms with Crippen LogP contribution in [-0.4, -0.2) is 81.8 Å². The van der Waals surface area contributed by atoms with Gasteiger partial charge < -0.3 is 26.2 Å². The number of nitrogens with zero attached hydrogens (tertiary/aromatic N) is 1. The summed E-state index contributed by atoms with van der Waals surface area (Å²) in [5.74, 6) is -7.02. The van der Waals surface area contributed by atoms with Gasteiger partial charge in [-0.1, -0.05) is 6.07 Å². The number of alkyl halides is 1. The highest BCUT2D eigenvalue weighted by atomic mass is 19.1. The molecule has 0 heterocycles. The van der Waals surface area contributed by atoms with Gasteiger partial charge in [0.1, 0.15) is 29.5 Å². The molecule has 0 radical (unpaired) electrons. The number of phenols is 1. The van der Waals surface area contributed by atoms with Crippen LogP contribution in [0.25, 0.3) is 5.76 Å². The molecule has 0 bridgehead atoms. The number of nitrogens with one attached hydrogen (secondary N) is 1. The standard InChI is InChI=1S/C24H28FN3O8/c1-28(2)18-13-8-11-7-12-10(9-27-36-6-5-25)3-4-14(29)16(12)19(30)15(11)21(32)24(13,35)22(33)17(20(18)31)23(26)34/h3-4,11,13,18,27,29-30,33,35H,5-9H2,1-2H3,(H2,26,34)/t11-,13-,18+,24-/m0/s1. The van der Waals surface area contributed by atoms with E-state index >= 15 is 0 Å². The number of nitrogens with two attached hydrogens (primary N) is 1. The van der Waals surface area contributed by atoms with Gasteiger partial charge in [0.15, 0.2) is 11.4 Å². The lowest BCUT2D eigenvalue weighted by Gasteiger charge is -2.50. The van der Waals surface area contributed by atoms with Crippen molar-refractivity contribution in [3.8, 4) is 5.75 Å². The Labute approximate surface area is 205 Å². The van der Waals surface area contributed by atoms with Gasteiger partial charge in [-0.15, -0.1) is 0 Å². The summed E-state index contributed by atoms with van der Waals surface area (Å²) in [5, 5.41) is 44.0. The zero-order chi connectivity index (χ0) is 26.5. The highest BCUT2D eigenvalue weighted by molar-refractivity contribution is 6.24. The van der Waals surface area contributed by atoms with Gasteiger partial charge in [-0.05, 0) is 50.0 Å². The number of amides is 1. The molecule has 0 aromatic heterocycles. The summed E-state index contributed by atoms with van der Waals surface area (Å²) in [6.07, 6.45) is 0.149. The minimum absolute atomic E-state index is 0.00730. The normalized spacial score (nSPS) is 27.8. The number of ketones is 2. The average molecular weight is 505 g/mol. The first-order valence-corrected chi connectivity index (χ1v) is 11.4. The number of carbonyl (C=O) groups excluding carboxylic acids is 3. The summed E-state index contributed by atoms with van der Waals surface area (Å²) < 4.78 is 12.3. The summed E-state index contributed by atoms with van der Waals surface area (Å²) in [6.45, 7) is -0.743. The zero-order valence-corrected chi connectivity index (χ0v) is 19.7. The van der Waals surface area contributed by atoms with Gasteiger partial charge >= 0.3 is 0 Å². The number of aliphatic hydroxyl groups is 3. The molecule has 0 saturated heterocycles. The zero-order valence-electron chi connectivity index (χ0n) is 19.7. The SMILES string of the molecule is CN(C)[C@H]1C(=O)C(C(N)=O)=C(O)[C@@]2(O)C(=O)C3=C(O)c4c(O)ccc(CNOCCF)c4C[C@H]3C[C@@H]12. The molecule has 0 spiro atoms. The third-order valence-corrected chi connectivity index (χ3v) is 7.25. The van der Waals surface area contributed by atoms with Crippen molar-refractivity contribution in [3.05, 3.63) is 45.7 Å². The van der Waals surface area contributed by atoms with Gasteiger partial charge in [-0.2, -0.15) is 5.48 Å². The summed E-state index contributed by atoms with van der Waals surface area (Å²) in [7, 11) is 3.07. The molecule has 3 aliphatic carbocycles. The van der Waals surface area contributed by atoms with Crippen LogP contribution in [0.4, 0.5) is 4.39 Å². The minimum atomic E-state index is -2.68. The van der Waals surface area contributed by atoms with E-state index in [1.165, 1.54) is 25.1 Å². The first kappa shape index (κ1) is 25.8. The molecule has 1 fully saturated rings. The van der Waals surface area contributed by atoms with Crippen molar-refractivity contribution in [3.63, 3.8) is 0 Å². The number of likely N-dealkylation sites (N-methyl/N-ethyl adjacent to an activating group) is 1. The molecule has 1 amide bonds. The predicted octanol–water partition coefficient (Wildman–Crippen LogP) is -0.0453. The van der Waals surface area contributed by atoms with E-state index in [9.17, 15) is 39.2 Å². The molecule has 7 N–H and O–H groups in total. The summed E-state index contributed by atoms with van der Waals surface area (Å²) in [4.78, 5) is 45.2. The molecular weight excluding hydrogens is 477 g/mol. The number of halogens is 1. The first-order chi connectivity index (χ1) is 17.0. The van der Waals surface area contributed by atoms with Crippen LogP contribution in [0, 0.1) is 11.8 Å². The third kappa shape index (κ3) is 3.68. The fourth-order valence-electron chi connectivity index (χ4n) is 5.71. The van der Waals surface area contributed by atoms with Crippen LogP contribution in [0.2, 0.25) is 0 Å². The summed E-state index contributed by atoms with van der Waals surface area (Å²) >= 11 is 0. The Morgan fingerprint density at radius 2 is 1.97 bits per heavy atom. The van der Waals surface area contributed by atoms with Gasteiger partial charge in [0, 0.05) is 18.0 Å². The molecule has 11 nitrogen and oxygen atoms in total. The number of hydroxylamine groups is 1. The molecule has 1 aromatic carbocycles. The van der Waals surface area contributed by atoms with E-state index in [1.807, 2.05) is 0 Å².